The normalized spacial score (nSPS) is 19.4. The Balaban J connectivity index is 1.39. The molecule has 2 aliphatic rings. The number of carbonyl (C=O) groups is 1. The number of hydrogen-bond acceptors (Lipinski definition) is 3. The molecule has 3 aromatic rings. The van der Waals surface area contributed by atoms with Gasteiger partial charge in [0.15, 0.2) is 5.76 Å². The Bertz CT molecular complexity index is 987. The van der Waals surface area contributed by atoms with Gasteiger partial charge in [-0.2, -0.15) is 0 Å². The number of nitrogens with one attached hydrogen (secondary N) is 1. The second kappa shape index (κ2) is 6.95. The summed E-state index contributed by atoms with van der Waals surface area (Å²) in [7, 11) is 0. The fourth-order valence-electron chi connectivity index (χ4n) is 3.90. The first-order valence-corrected chi connectivity index (χ1v) is 9.71. The van der Waals surface area contributed by atoms with Crippen LogP contribution in [0, 0.1) is 5.82 Å². The number of halogens is 1. The van der Waals surface area contributed by atoms with Crippen LogP contribution in [0.15, 0.2) is 59.1 Å². The van der Waals surface area contributed by atoms with Crippen molar-refractivity contribution in [1.82, 2.24) is 14.8 Å². The van der Waals surface area contributed by atoms with E-state index in [0.717, 1.165) is 37.3 Å². The molecule has 28 heavy (non-hydrogen) atoms. The van der Waals surface area contributed by atoms with Gasteiger partial charge < -0.3 is 14.3 Å². The monoisotopic (exact) mass is 379 g/mol. The van der Waals surface area contributed by atoms with Gasteiger partial charge in [0, 0.05) is 31.0 Å². The van der Waals surface area contributed by atoms with Crippen LogP contribution in [0.4, 0.5) is 4.39 Å². The molecule has 6 heteroatoms. The van der Waals surface area contributed by atoms with Gasteiger partial charge in [-0.25, -0.2) is 4.39 Å². The second-order valence-electron chi connectivity index (χ2n) is 7.56. The van der Waals surface area contributed by atoms with Gasteiger partial charge in [-0.3, -0.25) is 9.69 Å². The molecular formula is C22H22FN3O2. The third-order valence-electron chi connectivity index (χ3n) is 5.48. The van der Waals surface area contributed by atoms with Gasteiger partial charge in [0.1, 0.15) is 11.6 Å². The number of fused-ring (bicyclic) bond motifs is 1. The van der Waals surface area contributed by atoms with Gasteiger partial charge in [0.2, 0.25) is 0 Å². The maximum atomic E-state index is 13.4. The molecule has 1 unspecified atom stereocenters. The summed E-state index contributed by atoms with van der Waals surface area (Å²) >= 11 is 0. The molecule has 1 fully saturated rings. The number of hydrogen-bond donors (Lipinski definition) is 1. The lowest BCUT2D eigenvalue weighted by molar-refractivity contribution is 0.0916. The first-order chi connectivity index (χ1) is 13.7. The van der Waals surface area contributed by atoms with Crippen LogP contribution in [0.3, 0.4) is 0 Å². The summed E-state index contributed by atoms with van der Waals surface area (Å²) in [6.07, 6.45) is 4.18. The maximum Gasteiger partial charge on any atom is 0.287 e. The van der Waals surface area contributed by atoms with Crippen molar-refractivity contribution in [3.63, 3.8) is 0 Å². The fourth-order valence-corrected chi connectivity index (χ4v) is 3.90. The number of benzene rings is 1. The standard InChI is InChI=1S/C22H22FN3O2/c23-16-5-3-15(4-6-16)21-19-2-1-11-25(19)12-13-26(21)14-18-9-10-20(28-18)22(27)24-17-7-8-17/h1-6,9-11,17,21H,7-8,12-14H2,(H,24,27). The summed E-state index contributed by atoms with van der Waals surface area (Å²) in [6.45, 7) is 2.31. The topological polar surface area (TPSA) is 50.4 Å². The molecule has 0 radical (unpaired) electrons. The molecule has 2 aromatic heterocycles. The highest BCUT2D eigenvalue weighted by Gasteiger charge is 2.30. The number of nitrogens with zero attached hydrogens (tertiary/aromatic N) is 2. The van der Waals surface area contributed by atoms with Gasteiger partial charge in [0.05, 0.1) is 12.6 Å². The highest BCUT2D eigenvalue weighted by molar-refractivity contribution is 5.91. The maximum absolute atomic E-state index is 13.4. The SMILES string of the molecule is O=C(NC1CC1)c1ccc(CN2CCn3cccc3C2c2ccc(F)cc2)o1. The largest absolute Gasteiger partial charge is 0.455 e. The molecule has 5 nitrogen and oxygen atoms in total. The van der Waals surface area contributed by atoms with Gasteiger partial charge in [0.25, 0.3) is 5.91 Å². The van der Waals surface area contributed by atoms with E-state index in [1.807, 2.05) is 24.3 Å². The average Bonchev–Trinajstić information content (AvgIpc) is 3.18. The van der Waals surface area contributed by atoms with Crippen LogP contribution in [0.1, 0.15) is 46.5 Å². The molecule has 1 aliphatic heterocycles. The number of amides is 1. The van der Waals surface area contributed by atoms with Crippen molar-refractivity contribution in [2.75, 3.05) is 6.54 Å². The van der Waals surface area contributed by atoms with Crippen molar-refractivity contribution in [2.45, 2.75) is 38.0 Å². The van der Waals surface area contributed by atoms with Crippen molar-refractivity contribution in [1.29, 1.82) is 0 Å². The quantitative estimate of drug-likeness (QED) is 0.735. The lowest BCUT2D eigenvalue weighted by Crippen LogP contribution is -2.37. The smallest absolute Gasteiger partial charge is 0.287 e. The molecule has 1 N–H and O–H groups in total. The third-order valence-corrected chi connectivity index (χ3v) is 5.48. The van der Waals surface area contributed by atoms with Crippen LogP contribution in [0.5, 0.6) is 0 Å². The predicted molar refractivity (Wildman–Crippen MR) is 102 cm³/mol. The summed E-state index contributed by atoms with van der Waals surface area (Å²) in [5.41, 5.74) is 2.22. The molecule has 0 spiro atoms. The molecule has 5 rings (SSSR count). The Morgan fingerprint density at radius 3 is 2.71 bits per heavy atom. The van der Waals surface area contributed by atoms with E-state index in [1.54, 1.807) is 6.07 Å². The summed E-state index contributed by atoms with van der Waals surface area (Å²) in [5, 5.41) is 2.95. The number of carbonyl (C=O) groups excluding carboxylic acids is 1. The van der Waals surface area contributed by atoms with Crippen molar-refractivity contribution in [3.05, 3.63) is 83.3 Å². The predicted octanol–water partition coefficient (Wildman–Crippen LogP) is 3.72. The van der Waals surface area contributed by atoms with E-state index in [0.29, 0.717) is 18.3 Å². The molecule has 1 atom stereocenters. The van der Waals surface area contributed by atoms with Gasteiger partial charge in [-0.1, -0.05) is 12.1 Å². The van der Waals surface area contributed by atoms with E-state index in [2.05, 4.69) is 27.0 Å². The first-order valence-electron chi connectivity index (χ1n) is 9.71. The molecular weight excluding hydrogens is 357 g/mol. The van der Waals surface area contributed by atoms with Crippen LogP contribution in [-0.2, 0) is 13.1 Å². The highest BCUT2D eigenvalue weighted by atomic mass is 19.1. The Morgan fingerprint density at radius 1 is 1.11 bits per heavy atom. The molecule has 144 valence electrons. The Morgan fingerprint density at radius 2 is 1.93 bits per heavy atom. The highest BCUT2D eigenvalue weighted by Crippen LogP contribution is 2.33. The van der Waals surface area contributed by atoms with E-state index in [1.165, 1.54) is 17.8 Å². The molecule has 0 bridgehead atoms. The van der Waals surface area contributed by atoms with E-state index < -0.39 is 0 Å². The Hall–Kier alpha value is -2.86. The minimum Gasteiger partial charge on any atom is -0.455 e. The van der Waals surface area contributed by atoms with Crippen molar-refractivity contribution in [3.8, 4) is 0 Å². The molecule has 1 saturated carbocycles. The summed E-state index contributed by atoms with van der Waals surface area (Å²) in [5.74, 6) is 0.740. The van der Waals surface area contributed by atoms with E-state index in [-0.39, 0.29) is 17.8 Å². The fraction of sp³-hybridized carbons (Fsp3) is 0.318. The summed E-state index contributed by atoms with van der Waals surface area (Å²) in [4.78, 5) is 14.5. The lowest BCUT2D eigenvalue weighted by atomic mass is 9.99. The van der Waals surface area contributed by atoms with E-state index >= 15 is 0 Å². The second-order valence-corrected chi connectivity index (χ2v) is 7.56. The molecule has 3 heterocycles. The van der Waals surface area contributed by atoms with Crippen LogP contribution in [0.2, 0.25) is 0 Å². The van der Waals surface area contributed by atoms with Gasteiger partial charge in [-0.15, -0.1) is 0 Å². The van der Waals surface area contributed by atoms with Crippen molar-refractivity contribution < 1.29 is 13.6 Å². The first kappa shape index (κ1) is 17.3. The zero-order valence-corrected chi connectivity index (χ0v) is 15.5. The van der Waals surface area contributed by atoms with Crippen molar-refractivity contribution in [2.24, 2.45) is 0 Å². The summed E-state index contributed by atoms with van der Waals surface area (Å²) < 4.78 is 21.5. The molecule has 1 aliphatic carbocycles. The number of aromatic nitrogens is 1. The third kappa shape index (κ3) is 3.36. The number of rotatable bonds is 5. The summed E-state index contributed by atoms with van der Waals surface area (Å²) in [6, 6.07) is 14.8. The van der Waals surface area contributed by atoms with Crippen molar-refractivity contribution >= 4 is 5.91 Å². The van der Waals surface area contributed by atoms with Crippen LogP contribution in [0.25, 0.3) is 0 Å². The number of furan rings is 1. The zero-order chi connectivity index (χ0) is 19.1. The minimum atomic E-state index is -0.237. The van der Waals surface area contributed by atoms with E-state index in [4.69, 9.17) is 4.42 Å². The molecule has 1 aromatic carbocycles. The van der Waals surface area contributed by atoms with E-state index in [9.17, 15) is 9.18 Å². The van der Waals surface area contributed by atoms with Gasteiger partial charge >= 0.3 is 0 Å². The minimum absolute atomic E-state index is 0.0122. The van der Waals surface area contributed by atoms with Gasteiger partial charge in [-0.05, 0) is 54.8 Å². The molecule has 0 saturated heterocycles. The van der Waals surface area contributed by atoms with Crippen LogP contribution < -0.4 is 5.32 Å². The zero-order valence-electron chi connectivity index (χ0n) is 15.5. The Labute approximate surface area is 162 Å². The van der Waals surface area contributed by atoms with Crippen LogP contribution in [-0.4, -0.2) is 28.0 Å². The lowest BCUT2D eigenvalue weighted by Gasteiger charge is -2.36. The Kier molecular flexibility index (Phi) is 4.28. The van der Waals surface area contributed by atoms with Crippen LogP contribution >= 0.6 is 0 Å². The molecule has 1 amide bonds. The average molecular weight is 379 g/mol.